The fraction of sp³-hybridized carbons (Fsp3) is 0.167. The maximum absolute atomic E-state index is 11.6. The van der Waals surface area contributed by atoms with E-state index in [2.05, 4.69) is 41.7 Å². The Morgan fingerprint density at radius 1 is 0.862 bits per heavy atom. The van der Waals surface area contributed by atoms with Crippen molar-refractivity contribution in [3.8, 4) is 0 Å². The third kappa shape index (κ3) is 4.87. The predicted octanol–water partition coefficient (Wildman–Crippen LogP) is 4.79. The van der Waals surface area contributed by atoms with Crippen molar-refractivity contribution in [1.82, 2.24) is 5.32 Å². The van der Waals surface area contributed by atoms with E-state index >= 15 is 0 Å². The van der Waals surface area contributed by atoms with Crippen molar-refractivity contribution in [2.45, 2.75) is 4.75 Å². The van der Waals surface area contributed by atoms with E-state index in [1.54, 1.807) is 11.8 Å². The molecular weight excluding hydrogens is 382 g/mol. The minimum absolute atomic E-state index is 0.0975. The lowest BCUT2D eigenvalue weighted by molar-refractivity contribution is -0.110. The van der Waals surface area contributed by atoms with Gasteiger partial charge in [-0.05, 0) is 16.7 Å². The van der Waals surface area contributed by atoms with Gasteiger partial charge in [-0.25, -0.2) is 4.79 Å². The molecular formula is C24H23NO3S. The lowest BCUT2D eigenvalue weighted by Crippen LogP contribution is -2.32. The van der Waals surface area contributed by atoms with E-state index in [0.717, 1.165) is 23.0 Å². The molecule has 0 bridgehead atoms. The van der Waals surface area contributed by atoms with Crippen LogP contribution in [0.5, 0.6) is 0 Å². The minimum atomic E-state index is -1.12. The summed E-state index contributed by atoms with van der Waals surface area (Å²) in [6.45, 7) is 0.0975. The van der Waals surface area contributed by atoms with Gasteiger partial charge in [-0.2, -0.15) is 0 Å². The van der Waals surface area contributed by atoms with E-state index in [1.165, 1.54) is 0 Å². The maximum Gasteiger partial charge on any atom is 0.404 e. The Hall–Kier alpha value is -3.05. The van der Waals surface area contributed by atoms with E-state index in [-0.39, 0.29) is 6.54 Å². The topological polar surface area (TPSA) is 66.4 Å². The summed E-state index contributed by atoms with van der Waals surface area (Å²) in [6, 6.07) is 30.6. The SMILES string of the molecule is O=CC(CNC(=O)O)CSC(c1ccccc1)(c1ccccc1)c1ccccc1. The number of benzene rings is 3. The number of carbonyl (C=O) groups is 2. The summed E-state index contributed by atoms with van der Waals surface area (Å²) in [5.41, 5.74) is 3.33. The van der Waals surface area contributed by atoms with E-state index in [9.17, 15) is 9.59 Å². The molecule has 29 heavy (non-hydrogen) atoms. The van der Waals surface area contributed by atoms with Crippen LogP contribution in [0, 0.1) is 5.92 Å². The number of hydrogen-bond donors (Lipinski definition) is 2. The summed E-state index contributed by atoms with van der Waals surface area (Å²) in [4.78, 5) is 22.4. The second-order valence-electron chi connectivity index (χ2n) is 6.67. The monoisotopic (exact) mass is 405 g/mol. The first-order chi connectivity index (χ1) is 14.2. The molecule has 2 N–H and O–H groups in total. The number of hydrogen-bond acceptors (Lipinski definition) is 3. The van der Waals surface area contributed by atoms with Gasteiger partial charge in [0.05, 0.1) is 4.75 Å². The largest absolute Gasteiger partial charge is 0.465 e. The summed E-state index contributed by atoms with van der Waals surface area (Å²) < 4.78 is -0.520. The van der Waals surface area contributed by atoms with Crippen LogP contribution < -0.4 is 5.32 Å². The third-order valence-electron chi connectivity index (χ3n) is 4.76. The normalized spacial score (nSPS) is 12.1. The van der Waals surface area contributed by atoms with Crippen molar-refractivity contribution in [3.63, 3.8) is 0 Å². The lowest BCUT2D eigenvalue weighted by atomic mass is 9.84. The van der Waals surface area contributed by atoms with E-state index in [1.807, 2.05) is 54.6 Å². The molecule has 0 saturated heterocycles. The van der Waals surface area contributed by atoms with Crippen molar-refractivity contribution >= 4 is 24.1 Å². The first-order valence-electron chi connectivity index (χ1n) is 9.39. The second-order valence-corrected chi connectivity index (χ2v) is 7.91. The predicted molar refractivity (Wildman–Crippen MR) is 117 cm³/mol. The van der Waals surface area contributed by atoms with Crippen molar-refractivity contribution in [2.24, 2.45) is 5.92 Å². The summed E-state index contributed by atoms with van der Waals surface area (Å²) >= 11 is 1.65. The molecule has 0 heterocycles. The van der Waals surface area contributed by atoms with Gasteiger partial charge < -0.3 is 15.2 Å². The Balaban J connectivity index is 2.07. The van der Waals surface area contributed by atoms with Crippen LogP contribution in [0.4, 0.5) is 4.79 Å². The van der Waals surface area contributed by atoms with Gasteiger partial charge in [0.1, 0.15) is 6.29 Å². The average molecular weight is 406 g/mol. The highest BCUT2D eigenvalue weighted by Gasteiger charge is 2.37. The van der Waals surface area contributed by atoms with Crippen LogP contribution in [0.1, 0.15) is 16.7 Å². The van der Waals surface area contributed by atoms with Crippen LogP contribution in [0.3, 0.4) is 0 Å². The van der Waals surface area contributed by atoms with E-state index in [4.69, 9.17) is 5.11 Å². The fourth-order valence-corrected chi connectivity index (χ4v) is 4.93. The molecule has 0 aliphatic rings. The molecule has 0 fully saturated rings. The Kier molecular flexibility index (Phi) is 7.09. The number of thioether (sulfide) groups is 1. The van der Waals surface area contributed by atoms with Gasteiger partial charge in [-0.1, -0.05) is 91.0 Å². The van der Waals surface area contributed by atoms with Crippen LogP contribution in [0.15, 0.2) is 91.0 Å². The number of aldehydes is 1. The molecule has 148 valence electrons. The highest BCUT2D eigenvalue weighted by Crippen LogP contribution is 2.48. The molecule has 0 aromatic heterocycles. The Bertz CT molecular complexity index is 820. The number of carboxylic acid groups (broad SMARTS) is 1. The molecule has 1 amide bonds. The van der Waals surface area contributed by atoms with Crippen molar-refractivity contribution < 1.29 is 14.7 Å². The molecule has 1 atom stereocenters. The number of amides is 1. The number of nitrogens with one attached hydrogen (secondary N) is 1. The van der Waals surface area contributed by atoms with Crippen LogP contribution in [0.2, 0.25) is 0 Å². The van der Waals surface area contributed by atoms with Crippen molar-refractivity contribution in [1.29, 1.82) is 0 Å². The van der Waals surface area contributed by atoms with Gasteiger partial charge in [0.25, 0.3) is 0 Å². The standard InChI is InChI=1S/C24H23NO3S/c26-17-19(16-25-23(27)28)18-29-24(20-10-4-1-5-11-20,21-12-6-2-7-13-21)22-14-8-3-9-15-22/h1-15,17,19,25H,16,18H2,(H,27,28). The maximum atomic E-state index is 11.6. The van der Waals surface area contributed by atoms with Crippen molar-refractivity contribution in [2.75, 3.05) is 12.3 Å². The molecule has 3 aromatic carbocycles. The molecule has 0 radical (unpaired) electrons. The molecule has 1 unspecified atom stereocenters. The van der Waals surface area contributed by atoms with Gasteiger partial charge in [-0.15, -0.1) is 11.8 Å². The lowest BCUT2D eigenvalue weighted by Gasteiger charge is -2.36. The zero-order valence-corrected chi connectivity index (χ0v) is 16.7. The van der Waals surface area contributed by atoms with E-state index in [0.29, 0.717) is 5.75 Å². The molecule has 3 aromatic rings. The summed E-state index contributed by atoms with van der Waals surface area (Å²) in [7, 11) is 0. The zero-order valence-electron chi connectivity index (χ0n) is 15.9. The quantitative estimate of drug-likeness (QED) is 0.397. The van der Waals surface area contributed by atoms with Crippen LogP contribution >= 0.6 is 11.8 Å². The van der Waals surface area contributed by atoms with Gasteiger partial charge in [0.15, 0.2) is 0 Å². The van der Waals surface area contributed by atoms with Crippen LogP contribution in [-0.2, 0) is 9.54 Å². The number of rotatable bonds is 9. The first-order valence-corrected chi connectivity index (χ1v) is 10.4. The molecule has 0 aliphatic heterocycles. The highest BCUT2D eigenvalue weighted by molar-refractivity contribution is 8.00. The fourth-order valence-electron chi connectivity index (χ4n) is 3.37. The van der Waals surface area contributed by atoms with Crippen molar-refractivity contribution in [3.05, 3.63) is 108 Å². The molecule has 0 aliphatic carbocycles. The molecule has 4 nitrogen and oxygen atoms in total. The first kappa shape index (κ1) is 20.7. The summed E-state index contributed by atoms with van der Waals surface area (Å²) in [5, 5.41) is 11.2. The number of carbonyl (C=O) groups excluding carboxylic acids is 1. The summed E-state index contributed by atoms with van der Waals surface area (Å²) in [6.07, 6.45) is -0.295. The molecule has 5 heteroatoms. The van der Waals surface area contributed by atoms with Crippen LogP contribution in [0.25, 0.3) is 0 Å². The minimum Gasteiger partial charge on any atom is -0.465 e. The molecule has 0 saturated carbocycles. The van der Waals surface area contributed by atoms with Gasteiger partial charge in [0.2, 0.25) is 0 Å². The average Bonchev–Trinajstić information content (AvgIpc) is 2.78. The summed E-state index contributed by atoms with van der Waals surface area (Å²) in [5.74, 6) is 0.0502. The molecule has 0 spiro atoms. The molecule has 3 rings (SSSR count). The van der Waals surface area contributed by atoms with Gasteiger partial charge in [-0.3, -0.25) is 0 Å². The third-order valence-corrected chi connectivity index (χ3v) is 6.50. The highest BCUT2D eigenvalue weighted by atomic mass is 32.2. The Labute approximate surface area is 175 Å². The van der Waals surface area contributed by atoms with Gasteiger partial charge >= 0.3 is 6.09 Å². The van der Waals surface area contributed by atoms with Gasteiger partial charge in [0, 0.05) is 18.2 Å². The Morgan fingerprint density at radius 2 is 1.28 bits per heavy atom. The second kappa shape index (κ2) is 9.94. The van der Waals surface area contributed by atoms with E-state index < -0.39 is 16.8 Å². The zero-order chi connectivity index (χ0) is 20.5. The Morgan fingerprint density at radius 3 is 1.62 bits per heavy atom. The smallest absolute Gasteiger partial charge is 0.404 e. The van der Waals surface area contributed by atoms with Crippen LogP contribution in [-0.4, -0.2) is 29.8 Å².